The number of methoxy groups -OCH3 is 1. The molecule has 27 heavy (non-hydrogen) atoms. The third-order valence-electron chi connectivity index (χ3n) is 5.08. The average molecular weight is 371 g/mol. The van der Waals surface area contributed by atoms with Crippen LogP contribution in [0.4, 0.5) is 5.95 Å². The highest BCUT2D eigenvalue weighted by molar-refractivity contribution is 5.97. The topological polar surface area (TPSA) is 127 Å². The van der Waals surface area contributed by atoms with Crippen molar-refractivity contribution in [1.82, 2.24) is 24.7 Å². The van der Waals surface area contributed by atoms with Gasteiger partial charge >= 0.3 is 0 Å². The lowest BCUT2D eigenvalue weighted by atomic mass is 9.91. The number of rotatable bonds is 6. The fraction of sp³-hybridized carbons (Fsp3) is 0.500. The molecular formula is C18H25N7O2. The SMILES string of the molecule is COCCn1cc(-c2nc(NC3CCCCC3N)nc3c[nH]c(O)c23)cn1. The third-order valence-corrected chi connectivity index (χ3v) is 5.08. The van der Waals surface area contributed by atoms with Crippen LogP contribution >= 0.6 is 0 Å². The van der Waals surface area contributed by atoms with Crippen LogP contribution in [0.5, 0.6) is 5.88 Å². The van der Waals surface area contributed by atoms with Crippen LogP contribution in [0.1, 0.15) is 25.7 Å². The first-order valence-corrected chi connectivity index (χ1v) is 9.27. The summed E-state index contributed by atoms with van der Waals surface area (Å²) in [7, 11) is 1.66. The van der Waals surface area contributed by atoms with Crippen LogP contribution in [0.15, 0.2) is 18.6 Å². The lowest BCUT2D eigenvalue weighted by Gasteiger charge is -2.29. The monoisotopic (exact) mass is 371 g/mol. The van der Waals surface area contributed by atoms with Crippen LogP contribution in [0.3, 0.4) is 0 Å². The van der Waals surface area contributed by atoms with E-state index in [0.717, 1.165) is 31.2 Å². The molecule has 0 spiro atoms. The van der Waals surface area contributed by atoms with Crippen molar-refractivity contribution in [3.63, 3.8) is 0 Å². The summed E-state index contributed by atoms with van der Waals surface area (Å²) < 4.78 is 6.89. The van der Waals surface area contributed by atoms with Crippen molar-refractivity contribution in [3.05, 3.63) is 18.6 Å². The fourth-order valence-electron chi connectivity index (χ4n) is 3.60. The minimum Gasteiger partial charge on any atom is -0.494 e. The van der Waals surface area contributed by atoms with Crippen molar-refractivity contribution in [2.75, 3.05) is 19.0 Å². The fourth-order valence-corrected chi connectivity index (χ4v) is 3.60. The molecule has 0 saturated heterocycles. The lowest BCUT2D eigenvalue weighted by molar-refractivity contribution is 0.183. The molecule has 5 N–H and O–H groups in total. The number of nitrogens with one attached hydrogen (secondary N) is 2. The van der Waals surface area contributed by atoms with Crippen LogP contribution < -0.4 is 11.1 Å². The van der Waals surface area contributed by atoms with Gasteiger partial charge in [0.2, 0.25) is 5.95 Å². The summed E-state index contributed by atoms with van der Waals surface area (Å²) in [6, 6.07) is 0.249. The third kappa shape index (κ3) is 3.60. The molecule has 0 amide bonds. The first-order chi connectivity index (χ1) is 13.2. The van der Waals surface area contributed by atoms with E-state index in [-0.39, 0.29) is 18.0 Å². The number of aromatic nitrogens is 5. The summed E-state index contributed by atoms with van der Waals surface area (Å²) >= 11 is 0. The van der Waals surface area contributed by atoms with Gasteiger partial charge in [0.15, 0.2) is 5.88 Å². The Bertz CT molecular complexity index is 920. The normalized spacial score (nSPS) is 20.2. The zero-order valence-corrected chi connectivity index (χ0v) is 15.4. The minimum absolute atomic E-state index is 0.0468. The predicted molar refractivity (Wildman–Crippen MR) is 103 cm³/mol. The van der Waals surface area contributed by atoms with E-state index in [9.17, 15) is 5.11 Å². The highest BCUT2D eigenvalue weighted by Crippen LogP contribution is 2.33. The van der Waals surface area contributed by atoms with E-state index in [1.54, 1.807) is 24.2 Å². The molecule has 9 nitrogen and oxygen atoms in total. The van der Waals surface area contributed by atoms with E-state index < -0.39 is 0 Å². The molecule has 1 saturated carbocycles. The quantitative estimate of drug-likeness (QED) is 0.521. The molecule has 0 aromatic carbocycles. The number of ether oxygens (including phenoxy) is 1. The van der Waals surface area contributed by atoms with E-state index in [0.29, 0.717) is 35.7 Å². The Labute approximate surface area is 157 Å². The Balaban J connectivity index is 1.70. The maximum Gasteiger partial charge on any atom is 0.224 e. The minimum atomic E-state index is 0.0468. The van der Waals surface area contributed by atoms with Gasteiger partial charge < -0.3 is 25.9 Å². The maximum absolute atomic E-state index is 10.2. The zero-order chi connectivity index (χ0) is 18.8. The zero-order valence-electron chi connectivity index (χ0n) is 15.4. The van der Waals surface area contributed by atoms with Crippen LogP contribution in [0.25, 0.3) is 22.2 Å². The number of fused-ring (bicyclic) bond motifs is 1. The van der Waals surface area contributed by atoms with Gasteiger partial charge in [-0.2, -0.15) is 5.10 Å². The number of aromatic amines is 1. The first-order valence-electron chi connectivity index (χ1n) is 9.27. The molecular weight excluding hydrogens is 346 g/mol. The van der Waals surface area contributed by atoms with Crippen LogP contribution in [-0.2, 0) is 11.3 Å². The molecule has 3 heterocycles. The summed E-state index contributed by atoms with van der Waals surface area (Å²) in [6.45, 7) is 1.22. The van der Waals surface area contributed by atoms with Gasteiger partial charge in [-0.15, -0.1) is 0 Å². The number of hydrogen-bond acceptors (Lipinski definition) is 7. The molecule has 9 heteroatoms. The Morgan fingerprint density at radius 2 is 2.22 bits per heavy atom. The lowest BCUT2D eigenvalue weighted by Crippen LogP contribution is -2.42. The molecule has 2 atom stereocenters. The van der Waals surface area contributed by atoms with Crippen molar-refractivity contribution in [1.29, 1.82) is 0 Å². The Kier molecular flexibility index (Phi) is 4.95. The van der Waals surface area contributed by atoms with Crippen molar-refractivity contribution in [2.24, 2.45) is 5.73 Å². The molecule has 2 unspecified atom stereocenters. The number of hydrogen-bond donors (Lipinski definition) is 4. The van der Waals surface area contributed by atoms with E-state index in [4.69, 9.17) is 10.5 Å². The molecule has 0 radical (unpaired) electrons. The molecule has 3 aromatic heterocycles. The Morgan fingerprint density at radius 3 is 3.04 bits per heavy atom. The second-order valence-electron chi connectivity index (χ2n) is 6.98. The number of anilines is 1. The van der Waals surface area contributed by atoms with Gasteiger partial charge in [0.1, 0.15) is 0 Å². The van der Waals surface area contributed by atoms with Crippen molar-refractivity contribution >= 4 is 16.9 Å². The standard InChI is InChI=1S/C18H25N7O2/c1-27-7-6-25-10-11(8-21-25)16-15-14(9-20-17(15)26)23-18(24-16)22-13-5-3-2-4-12(13)19/h8-10,12-13,20,26H,2-7,19H2,1H3,(H,22,23). The smallest absolute Gasteiger partial charge is 0.224 e. The van der Waals surface area contributed by atoms with Crippen molar-refractivity contribution in [3.8, 4) is 17.1 Å². The summed E-state index contributed by atoms with van der Waals surface area (Å²) in [5.74, 6) is 0.564. The van der Waals surface area contributed by atoms with E-state index in [2.05, 4.69) is 25.4 Å². The second kappa shape index (κ2) is 7.53. The maximum atomic E-state index is 10.2. The number of H-pyrrole nitrogens is 1. The van der Waals surface area contributed by atoms with Gasteiger partial charge in [-0.3, -0.25) is 4.68 Å². The molecule has 1 aliphatic rings. The van der Waals surface area contributed by atoms with Gasteiger partial charge in [0.05, 0.1) is 35.9 Å². The molecule has 144 valence electrons. The Hall–Kier alpha value is -2.65. The summed E-state index contributed by atoms with van der Waals surface area (Å²) in [5, 5.41) is 18.6. The first kappa shape index (κ1) is 17.7. The summed E-state index contributed by atoms with van der Waals surface area (Å²) in [4.78, 5) is 12.1. The van der Waals surface area contributed by atoms with E-state index in [1.165, 1.54) is 0 Å². The number of nitrogens with zero attached hydrogens (tertiary/aromatic N) is 4. The van der Waals surface area contributed by atoms with Gasteiger partial charge in [0.25, 0.3) is 0 Å². The highest BCUT2D eigenvalue weighted by Gasteiger charge is 2.24. The largest absolute Gasteiger partial charge is 0.494 e. The molecule has 1 aliphatic carbocycles. The molecule has 4 rings (SSSR count). The highest BCUT2D eigenvalue weighted by atomic mass is 16.5. The predicted octanol–water partition coefficient (Wildman–Crippen LogP) is 1.86. The molecule has 3 aromatic rings. The molecule has 0 bridgehead atoms. The van der Waals surface area contributed by atoms with Crippen LogP contribution in [0.2, 0.25) is 0 Å². The van der Waals surface area contributed by atoms with E-state index >= 15 is 0 Å². The van der Waals surface area contributed by atoms with Gasteiger partial charge in [-0.1, -0.05) is 12.8 Å². The van der Waals surface area contributed by atoms with E-state index in [1.807, 2.05) is 6.20 Å². The van der Waals surface area contributed by atoms with Crippen molar-refractivity contribution < 1.29 is 9.84 Å². The van der Waals surface area contributed by atoms with Crippen LogP contribution in [0, 0.1) is 0 Å². The van der Waals surface area contributed by atoms with Gasteiger partial charge in [0, 0.05) is 37.2 Å². The summed E-state index contributed by atoms with van der Waals surface area (Å²) in [6.07, 6.45) is 9.63. The second-order valence-corrected chi connectivity index (χ2v) is 6.98. The van der Waals surface area contributed by atoms with Crippen LogP contribution in [-0.4, -0.2) is 55.6 Å². The summed E-state index contributed by atoms with van der Waals surface area (Å²) in [5.41, 5.74) is 8.34. The average Bonchev–Trinajstić information content (AvgIpc) is 3.29. The number of aromatic hydroxyl groups is 1. The molecule has 1 fully saturated rings. The molecule has 0 aliphatic heterocycles. The van der Waals surface area contributed by atoms with Gasteiger partial charge in [-0.05, 0) is 12.8 Å². The number of nitrogens with two attached hydrogens (primary N) is 1. The van der Waals surface area contributed by atoms with Gasteiger partial charge in [-0.25, -0.2) is 9.97 Å². The van der Waals surface area contributed by atoms with Crippen molar-refractivity contribution in [2.45, 2.75) is 44.3 Å². The Morgan fingerprint density at radius 1 is 1.37 bits per heavy atom.